The molecule has 2 aliphatic heterocycles. The predicted molar refractivity (Wildman–Crippen MR) is 103 cm³/mol. The zero-order chi connectivity index (χ0) is 20.5. The van der Waals surface area contributed by atoms with E-state index >= 15 is 0 Å². The average molecular weight is 393 g/mol. The molecule has 0 aromatic heterocycles. The van der Waals surface area contributed by atoms with Crippen LogP contribution in [0.5, 0.6) is 0 Å². The molecule has 7 nitrogen and oxygen atoms in total. The Morgan fingerprint density at radius 3 is 2.36 bits per heavy atom. The highest BCUT2D eigenvalue weighted by atomic mass is 16.8. The van der Waals surface area contributed by atoms with E-state index in [2.05, 4.69) is 0 Å². The van der Waals surface area contributed by atoms with Crippen LogP contribution in [0.1, 0.15) is 50.0 Å². The number of ether oxygens (including phenoxy) is 4. The first-order valence-electron chi connectivity index (χ1n) is 9.69. The summed E-state index contributed by atoms with van der Waals surface area (Å²) in [7, 11) is 3.06. The molecule has 156 valence electrons. The summed E-state index contributed by atoms with van der Waals surface area (Å²) >= 11 is 0. The van der Waals surface area contributed by atoms with E-state index in [0.29, 0.717) is 12.2 Å². The number of benzene rings is 1. The lowest BCUT2D eigenvalue weighted by molar-refractivity contribution is -0.174. The van der Waals surface area contributed by atoms with Crippen molar-refractivity contribution in [1.29, 1.82) is 0 Å². The fourth-order valence-corrected chi connectivity index (χ4v) is 3.67. The van der Waals surface area contributed by atoms with E-state index in [4.69, 9.17) is 23.8 Å². The van der Waals surface area contributed by atoms with Gasteiger partial charge in [-0.25, -0.2) is 5.06 Å². The lowest BCUT2D eigenvalue weighted by atomic mass is 10.00. The Morgan fingerprint density at radius 2 is 1.79 bits per heavy atom. The summed E-state index contributed by atoms with van der Waals surface area (Å²) in [5.41, 5.74) is 1.72. The summed E-state index contributed by atoms with van der Waals surface area (Å²) in [4.78, 5) is 17.0. The van der Waals surface area contributed by atoms with Crippen LogP contribution in [0.3, 0.4) is 0 Å². The largest absolute Gasteiger partial charge is 0.348 e. The number of rotatable bonds is 6. The first-order chi connectivity index (χ1) is 13.1. The number of hydrogen-bond donors (Lipinski definition) is 0. The topological polar surface area (TPSA) is 66.5 Å². The van der Waals surface area contributed by atoms with Crippen LogP contribution >= 0.6 is 0 Å². The number of carbonyl (C=O) groups excluding carboxylic acids is 1. The molecule has 1 amide bonds. The third kappa shape index (κ3) is 4.90. The van der Waals surface area contributed by atoms with Crippen LogP contribution in [0.2, 0.25) is 0 Å². The molecule has 2 fully saturated rings. The Labute approximate surface area is 166 Å². The van der Waals surface area contributed by atoms with Crippen molar-refractivity contribution in [2.45, 2.75) is 70.4 Å². The van der Waals surface area contributed by atoms with Crippen LogP contribution in [-0.2, 0) is 30.2 Å². The van der Waals surface area contributed by atoms with Gasteiger partial charge in [0.25, 0.3) is 5.91 Å². The van der Waals surface area contributed by atoms with Crippen molar-refractivity contribution >= 4 is 5.91 Å². The Balaban J connectivity index is 1.61. The van der Waals surface area contributed by atoms with Crippen molar-refractivity contribution in [2.75, 3.05) is 20.8 Å². The first-order valence-corrected chi connectivity index (χ1v) is 9.69. The normalized spacial score (nSPS) is 28.4. The molecule has 2 saturated heterocycles. The predicted octanol–water partition coefficient (Wildman–Crippen LogP) is 2.92. The molecule has 0 unspecified atom stereocenters. The van der Waals surface area contributed by atoms with Gasteiger partial charge >= 0.3 is 0 Å². The summed E-state index contributed by atoms with van der Waals surface area (Å²) in [6, 6.07) is 7.56. The van der Waals surface area contributed by atoms with Crippen molar-refractivity contribution < 1.29 is 28.6 Å². The summed E-state index contributed by atoms with van der Waals surface area (Å²) in [5, 5.41) is 1.20. The molecule has 1 aromatic carbocycles. The van der Waals surface area contributed by atoms with Crippen molar-refractivity contribution in [3.63, 3.8) is 0 Å². The fourth-order valence-electron chi connectivity index (χ4n) is 3.67. The van der Waals surface area contributed by atoms with E-state index < -0.39 is 11.6 Å². The van der Waals surface area contributed by atoms with Gasteiger partial charge in [0.05, 0.1) is 19.8 Å². The molecule has 0 N–H and O–H groups in total. The SMILES string of the molecule is CON(C)C(=O)c1ccc(CC[C@H]2OC(C)(C)O[C@@H]2[C@H]2COC(C)(C)O2)cc1. The Morgan fingerprint density at radius 1 is 1.11 bits per heavy atom. The van der Waals surface area contributed by atoms with E-state index in [1.165, 1.54) is 12.2 Å². The second kappa shape index (κ2) is 8.08. The highest BCUT2D eigenvalue weighted by Gasteiger charge is 2.49. The molecular formula is C21H31NO6. The summed E-state index contributed by atoms with van der Waals surface area (Å²) in [6.07, 6.45) is 1.20. The molecule has 0 saturated carbocycles. The van der Waals surface area contributed by atoms with Gasteiger partial charge in [0.2, 0.25) is 0 Å². The molecule has 2 heterocycles. The second-order valence-corrected chi connectivity index (χ2v) is 8.23. The number of hydroxylamine groups is 2. The molecule has 7 heteroatoms. The lowest BCUT2D eigenvalue weighted by Gasteiger charge is -2.23. The number of nitrogens with zero attached hydrogens (tertiary/aromatic N) is 1. The summed E-state index contributed by atoms with van der Waals surface area (Å²) in [6.45, 7) is 8.17. The standard InChI is InChI=1S/C21H31NO6/c1-20(2)25-13-17(27-20)18-16(26-21(3,4)28-18)12-9-14-7-10-15(11-8-14)19(23)22(5)24-6/h7-8,10-11,16-18H,9,12-13H2,1-6H3/t16-,17-,18+/m1/s1. The van der Waals surface area contributed by atoms with Gasteiger partial charge in [-0.3, -0.25) is 9.63 Å². The summed E-state index contributed by atoms with van der Waals surface area (Å²) in [5.74, 6) is -1.42. The maximum Gasteiger partial charge on any atom is 0.277 e. The molecule has 1 aromatic rings. The van der Waals surface area contributed by atoms with Crippen LogP contribution in [-0.4, -0.2) is 61.6 Å². The average Bonchev–Trinajstić information content (AvgIpc) is 3.17. The van der Waals surface area contributed by atoms with Gasteiger partial charge in [0.1, 0.15) is 12.2 Å². The zero-order valence-corrected chi connectivity index (χ0v) is 17.6. The van der Waals surface area contributed by atoms with E-state index in [9.17, 15) is 4.79 Å². The molecule has 28 heavy (non-hydrogen) atoms. The van der Waals surface area contributed by atoms with E-state index in [1.54, 1.807) is 7.05 Å². The first kappa shape index (κ1) is 21.2. The number of amides is 1. The van der Waals surface area contributed by atoms with Gasteiger partial charge in [-0.15, -0.1) is 0 Å². The van der Waals surface area contributed by atoms with Crippen LogP contribution in [0.15, 0.2) is 24.3 Å². The zero-order valence-electron chi connectivity index (χ0n) is 17.6. The van der Waals surface area contributed by atoms with Gasteiger partial charge in [0, 0.05) is 12.6 Å². The molecule has 0 radical (unpaired) electrons. The molecular weight excluding hydrogens is 362 g/mol. The molecule has 0 spiro atoms. The van der Waals surface area contributed by atoms with Crippen LogP contribution < -0.4 is 0 Å². The monoisotopic (exact) mass is 393 g/mol. The van der Waals surface area contributed by atoms with Crippen molar-refractivity contribution in [3.05, 3.63) is 35.4 Å². The molecule has 3 rings (SSSR count). The maximum atomic E-state index is 12.1. The Hall–Kier alpha value is -1.51. The minimum atomic E-state index is -0.646. The summed E-state index contributed by atoms with van der Waals surface area (Å²) < 4.78 is 24.0. The van der Waals surface area contributed by atoms with Gasteiger partial charge in [-0.2, -0.15) is 0 Å². The number of aryl methyl sites for hydroxylation is 1. The fraction of sp³-hybridized carbons (Fsp3) is 0.667. The Bertz CT molecular complexity index is 687. The van der Waals surface area contributed by atoms with Gasteiger partial charge in [-0.05, 0) is 58.2 Å². The van der Waals surface area contributed by atoms with Gasteiger partial charge < -0.3 is 18.9 Å². The van der Waals surface area contributed by atoms with Crippen molar-refractivity contribution in [1.82, 2.24) is 5.06 Å². The molecule has 3 atom stereocenters. The highest BCUT2D eigenvalue weighted by molar-refractivity contribution is 5.93. The van der Waals surface area contributed by atoms with Crippen LogP contribution in [0.25, 0.3) is 0 Å². The van der Waals surface area contributed by atoms with Crippen LogP contribution in [0, 0.1) is 0 Å². The van der Waals surface area contributed by atoms with Crippen molar-refractivity contribution in [2.24, 2.45) is 0 Å². The lowest BCUT2D eigenvalue weighted by Crippen LogP contribution is -2.38. The second-order valence-electron chi connectivity index (χ2n) is 8.23. The van der Waals surface area contributed by atoms with Gasteiger partial charge in [-0.1, -0.05) is 12.1 Å². The molecule has 0 bridgehead atoms. The third-order valence-electron chi connectivity index (χ3n) is 5.10. The molecule has 2 aliphatic rings. The van der Waals surface area contributed by atoms with Crippen molar-refractivity contribution in [3.8, 4) is 0 Å². The quantitative estimate of drug-likeness (QED) is 0.693. The molecule has 0 aliphatic carbocycles. The maximum absolute atomic E-state index is 12.1. The van der Waals surface area contributed by atoms with Crippen LogP contribution in [0.4, 0.5) is 0 Å². The smallest absolute Gasteiger partial charge is 0.277 e. The minimum absolute atomic E-state index is 0.0848. The number of carbonyl (C=O) groups is 1. The Kier molecular flexibility index (Phi) is 6.12. The minimum Gasteiger partial charge on any atom is -0.348 e. The van der Waals surface area contributed by atoms with E-state index in [1.807, 2.05) is 52.0 Å². The van der Waals surface area contributed by atoms with E-state index in [0.717, 1.165) is 18.4 Å². The van der Waals surface area contributed by atoms with Gasteiger partial charge in [0.15, 0.2) is 11.6 Å². The highest BCUT2D eigenvalue weighted by Crippen LogP contribution is 2.37. The number of hydrogen-bond acceptors (Lipinski definition) is 6. The third-order valence-corrected chi connectivity index (χ3v) is 5.10. The van der Waals surface area contributed by atoms with E-state index in [-0.39, 0.29) is 24.2 Å².